The van der Waals surface area contributed by atoms with Gasteiger partial charge in [-0.2, -0.15) is 0 Å². The molecule has 3 rings (SSSR count). The Labute approximate surface area is 127 Å². The summed E-state index contributed by atoms with van der Waals surface area (Å²) < 4.78 is 15.8. The number of carbonyl (C=O) groups is 2. The molecule has 0 saturated carbocycles. The van der Waals surface area contributed by atoms with Crippen molar-refractivity contribution in [2.24, 2.45) is 0 Å². The Bertz CT molecular complexity index is 697. The van der Waals surface area contributed by atoms with Crippen molar-refractivity contribution in [3.05, 3.63) is 54.1 Å². The number of aromatic nitrogens is 1. The highest BCUT2D eigenvalue weighted by Crippen LogP contribution is 2.16. The molecule has 1 fully saturated rings. The first-order valence-corrected chi connectivity index (χ1v) is 7.16. The van der Waals surface area contributed by atoms with Crippen LogP contribution < -0.4 is 10.6 Å². The van der Waals surface area contributed by atoms with Crippen LogP contribution in [0.15, 0.2) is 42.7 Å². The van der Waals surface area contributed by atoms with Crippen LogP contribution in [0.5, 0.6) is 0 Å². The smallest absolute Gasteiger partial charge is 0.252 e. The van der Waals surface area contributed by atoms with Crippen molar-refractivity contribution in [1.82, 2.24) is 15.2 Å². The number of nitrogens with zero attached hydrogens (tertiary/aromatic N) is 1. The van der Waals surface area contributed by atoms with Crippen molar-refractivity contribution in [1.29, 1.82) is 0 Å². The molecule has 2 aromatic rings. The fourth-order valence-corrected chi connectivity index (χ4v) is 2.50. The Hall–Kier alpha value is -2.63. The average molecular weight is 301 g/mol. The van der Waals surface area contributed by atoms with Gasteiger partial charge in [-0.15, -0.1) is 0 Å². The summed E-state index contributed by atoms with van der Waals surface area (Å²) in [5, 5.41) is 5.34. The van der Waals surface area contributed by atoms with Crippen molar-refractivity contribution < 1.29 is 14.0 Å². The van der Waals surface area contributed by atoms with Gasteiger partial charge in [0.2, 0.25) is 5.91 Å². The fourth-order valence-electron chi connectivity index (χ4n) is 2.50. The highest BCUT2D eigenvalue weighted by molar-refractivity contribution is 5.97. The van der Waals surface area contributed by atoms with Gasteiger partial charge in [-0.3, -0.25) is 9.59 Å². The van der Waals surface area contributed by atoms with Crippen LogP contribution in [-0.4, -0.2) is 29.0 Å². The first-order valence-electron chi connectivity index (χ1n) is 7.16. The zero-order valence-corrected chi connectivity index (χ0v) is 11.9. The predicted octanol–water partition coefficient (Wildman–Crippen LogP) is 1.62. The Balaban J connectivity index is 1.76. The van der Waals surface area contributed by atoms with Gasteiger partial charge in [0.15, 0.2) is 0 Å². The van der Waals surface area contributed by atoms with E-state index < -0.39 is 17.8 Å². The molecule has 2 heterocycles. The molecule has 5 nitrogen and oxygen atoms in total. The lowest BCUT2D eigenvalue weighted by Gasteiger charge is -2.22. The Kier molecular flexibility index (Phi) is 3.91. The van der Waals surface area contributed by atoms with Crippen LogP contribution in [0.1, 0.15) is 23.2 Å². The summed E-state index contributed by atoms with van der Waals surface area (Å²) >= 11 is 0. The van der Waals surface area contributed by atoms with Crippen LogP contribution >= 0.6 is 0 Å². The summed E-state index contributed by atoms with van der Waals surface area (Å²) in [5.74, 6) is -1.12. The second-order valence-corrected chi connectivity index (χ2v) is 5.22. The molecule has 1 aliphatic heterocycles. The molecule has 2 amide bonds. The van der Waals surface area contributed by atoms with E-state index in [-0.39, 0.29) is 11.5 Å². The van der Waals surface area contributed by atoms with Gasteiger partial charge >= 0.3 is 0 Å². The van der Waals surface area contributed by atoms with E-state index in [0.29, 0.717) is 18.7 Å². The molecule has 0 spiro atoms. The van der Waals surface area contributed by atoms with E-state index in [1.165, 1.54) is 6.07 Å². The molecule has 1 unspecified atom stereocenters. The van der Waals surface area contributed by atoms with Crippen LogP contribution in [0.25, 0.3) is 5.69 Å². The number of amides is 2. The van der Waals surface area contributed by atoms with Crippen LogP contribution in [0.3, 0.4) is 0 Å². The highest BCUT2D eigenvalue weighted by Gasteiger charge is 2.24. The largest absolute Gasteiger partial charge is 0.354 e. The molecule has 0 bridgehead atoms. The highest BCUT2D eigenvalue weighted by atomic mass is 19.1. The van der Waals surface area contributed by atoms with E-state index in [0.717, 1.165) is 6.42 Å². The first kappa shape index (κ1) is 14.3. The molecule has 0 radical (unpaired) electrons. The lowest BCUT2D eigenvalue weighted by molar-refractivity contribution is -0.124. The molecule has 114 valence electrons. The monoisotopic (exact) mass is 301 g/mol. The number of halogens is 1. The minimum atomic E-state index is -0.548. The third kappa shape index (κ3) is 2.86. The van der Waals surface area contributed by atoms with Crippen LogP contribution in [0.2, 0.25) is 0 Å². The SMILES string of the molecule is O=C(NC1CCCNC1=O)c1ccc(-n2cccc2)c(F)c1. The molecule has 1 aromatic carbocycles. The number of benzene rings is 1. The zero-order chi connectivity index (χ0) is 15.5. The topological polar surface area (TPSA) is 63.1 Å². The van der Waals surface area contributed by atoms with E-state index in [4.69, 9.17) is 0 Å². The van der Waals surface area contributed by atoms with Crippen molar-refractivity contribution in [2.45, 2.75) is 18.9 Å². The quantitative estimate of drug-likeness (QED) is 0.905. The van der Waals surface area contributed by atoms with E-state index in [1.807, 2.05) is 0 Å². The van der Waals surface area contributed by atoms with Gasteiger partial charge in [-0.05, 0) is 43.2 Å². The summed E-state index contributed by atoms with van der Waals surface area (Å²) in [7, 11) is 0. The van der Waals surface area contributed by atoms with Gasteiger partial charge in [0.1, 0.15) is 11.9 Å². The summed E-state index contributed by atoms with van der Waals surface area (Å²) in [4.78, 5) is 23.8. The summed E-state index contributed by atoms with van der Waals surface area (Å²) in [5.41, 5.74) is 0.573. The molecule has 1 aliphatic rings. The number of hydrogen-bond acceptors (Lipinski definition) is 2. The average Bonchev–Trinajstić information content (AvgIpc) is 3.03. The summed E-state index contributed by atoms with van der Waals surface area (Å²) in [6.07, 6.45) is 4.87. The van der Waals surface area contributed by atoms with Crippen LogP contribution in [-0.2, 0) is 4.79 Å². The van der Waals surface area contributed by atoms with Gasteiger partial charge in [0.25, 0.3) is 5.91 Å². The molecular formula is C16H16FN3O2. The minimum Gasteiger partial charge on any atom is -0.354 e. The van der Waals surface area contributed by atoms with E-state index >= 15 is 0 Å². The number of piperidine rings is 1. The molecule has 1 aromatic heterocycles. The van der Waals surface area contributed by atoms with Crippen molar-refractivity contribution in [3.63, 3.8) is 0 Å². The molecule has 22 heavy (non-hydrogen) atoms. The maximum Gasteiger partial charge on any atom is 0.252 e. The van der Waals surface area contributed by atoms with Crippen molar-refractivity contribution >= 4 is 11.8 Å². The lowest BCUT2D eigenvalue weighted by Crippen LogP contribution is -2.50. The third-order valence-electron chi connectivity index (χ3n) is 3.68. The molecular weight excluding hydrogens is 285 g/mol. The maximum atomic E-state index is 14.1. The molecule has 1 atom stereocenters. The van der Waals surface area contributed by atoms with E-state index in [2.05, 4.69) is 10.6 Å². The lowest BCUT2D eigenvalue weighted by atomic mass is 10.1. The van der Waals surface area contributed by atoms with E-state index in [1.54, 1.807) is 41.2 Å². The van der Waals surface area contributed by atoms with Gasteiger partial charge in [-0.25, -0.2) is 4.39 Å². The molecule has 2 N–H and O–H groups in total. The number of hydrogen-bond donors (Lipinski definition) is 2. The Morgan fingerprint density at radius 3 is 2.77 bits per heavy atom. The third-order valence-corrected chi connectivity index (χ3v) is 3.68. The van der Waals surface area contributed by atoms with Crippen LogP contribution in [0, 0.1) is 5.82 Å². The Morgan fingerprint density at radius 1 is 1.32 bits per heavy atom. The van der Waals surface area contributed by atoms with Crippen molar-refractivity contribution in [3.8, 4) is 5.69 Å². The summed E-state index contributed by atoms with van der Waals surface area (Å²) in [6.45, 7) is 0.630. The first-order chi connectivity index (χ1) is 10.6. The molecule has 1 saturated heterocycles. The van der Waals surface area contributed by atoms with Gasteiger partial charge in [-0.1, -0.05) is 0 Å². The number of rotatable bonds is 3. The number of carbonyl (C=O) groups excluding carboxylic acids is 2. The van der Waals surface area contributed by atoms with Gasteiger partial charge in [0, 0.05) is 24.5 Å². The standard InChI is InChI=1S/C16H16FN3O2/c17-12-10-11(5-6-14(12)20-8-1-2-9-20)15(21)19-13-4-3-7-18-16(13)22/h1-2,5-6,8-10,13H,3-4,7H2,(H,18,22)(H,19,21). The van der Waals surface area contributed by atoms with Gasteiger partial charge < -0.3 is 15.2 Å². The van der Waals surface area contributed by atoms with Gasteiger partial charge in [0.05, 0.1) is 5.69 Å². The van der Waals surface area contributed by atoms with Crippen LogP contribution in [0.4, 0.5) is 4.39 Å². The normalized spacial score (nSPS) is 17.9. The van der Waals surface area contributed by atoms with Crippen molar-refractivity contribution in [2.75, 3.05) is 6.54 Å². The fraction of sp³-hybridized carbons (Fsp3) is 0.250. The Morgan fingerprint density at radius 2 is 2.09 bits per heavy atom. The summed E-state index contributed by atoms with van der Waals surface area (Å²) in [6, 6.07) is 7.32. The second kappa shape index (κ2) is 6.01. The molecule has 6 heteroatoms. The minimum absolute atomic E-state index is 0.191. The number of nitrogens with one attached hydrogen (secondary N) is 2. The predicted molar refractivity (Wildman–Crippen MR) is 79.2 cm³/mol. The second-order valence-electron chi connectivity index (χ2n) is 5.22. The van der Waals surface area contributed by atoms with E-state index in [9.17, 15) is 14.0 Å². The molecule has 0 aliphatic carbocycles. The maximum absolute atomic E-state index is 14.1. The zero-order valence-electron chi connectivity index (χ0n) is 11.9.